The Morgan fingerprint density at radius 2 is 1.61 bits per heavy atom. The van der Waals surface area contributed by atoms with Crippen molar-refractivity contribution < 1.29 is 0 Å². The zero-order valence-corrected chi connectivity index (χ0v) is 13.6. The van der Waals surface area contributed by atoms with Crippen molar-refractivity contribution in [2.45, 2.75) is 91.8 Å². The molecular weight excluding hydrogens is 220 g/mol. The van der Waals surface area contributed by atoms with Gasteiger partial charge >= 0.3 is 0 Å². The third kappa shape index (κ3) is 8.10. The maximum atomic E-state index is 3.51. The number of hydrogen-bond acceptors (Lipinski definition) is 2. The first-order chi connectivity index (χ1) is 8.52. The highest BCUT2D eigenvalue weighted by Gasteiger charge is 2.17. The smallest absolute Gasteiger partial charge is 0.00702 e. The number of rotatable bonds is 11. The predicted octanol–water partition coefficient (Wildman–Crippen LogP) is 4.05. The highest BCUT2D eigenvalue weighted by molar-refractivity contribution is 4.73. The molecule has 0 saturated heterocycles. The Morgan fingerprint density at radius 3 is 2.11 bits per heavy atom. The van der Waals surface area contributed by atoms with E-state index in [4.69, 9.17) is 0 Å². The molecule has 2 nitrogen and oxygen atoms in total. The van der Waals surface area contributed by atoms with Crippen LogP contribution in [0.15, 0.2) is 0 Å². The second-order valence-corrected chi connectivity index (χ2v) is 5.95. The Balaban J connectivity index is 3.99. The van der Waals surface area contributed by atoms with E-state index in [-0.39, 0.29) is 0 Å². The molecule has 2 atom stereocenters. The average Bonchev–Trinajstić information content (AvgIpc) is 2.34. The monoisotopic (exact) mass is 256 g/mol. The first kappa shape index (κ1) is 17.9. The Morgan fingerprint density at radius 1 is 0.944 bits per heavy atom. The predicted molar refractivity (Wildman–Crippen MR) is 83.2 cm³/mol. The van der Waals surface area contributed by atoms with Crippen LogP contribution in [0.4, 0.5) is 0 Å². The normalized spacial score (nSPS) is 15.3. The van der Waals surface area contributed by atoms with Gasteiger partial charge in [0.15, 0.2) is 0 Å². The Hall–Kier alpha value is -0.0800. The van der Waals surface area contributed by atoms with E-state index in [0.717, 1.165) is 18.6 Å². The Kier molecular flexibility index (Phi) is 10.8. The minimum atomic E-state index is 0.617. The van der Waals surface area contributed by atoms with E-state index in [2.05, 4.69) is 51.8 Å². The number of unbranched alkanes of at least 4 members (excludes halogenated alkanes) is 1. The first-order valence-corrected chi connectivity index (χ1v) is 8.01. The van der Waals surface area contributed by atoms with E-state index in [9.17, 15) is 0 Å². The van der Waals surface area contributed by atoms with Gasteiger partial charge in [0.2, 0.25) is 0 Å². The van der Waals surface area contributed by atoms with E-state index in [1.165, 1.54) is 38.6 Å². The molecule has 18 heavy (non-hydrogen) atoms. The molecule has 0 aliphatic heterocycles. The van der Waals surface area contributed by atoms with Gasteiger partial charge in [0.1, 0.15) is 0 Å². The zero-order chi connectivity index (χ0) is 14.0. The topological polar surface area (TPSA) is 15.3 Å². The summed E-state index contributed by atoms with van der Waals surface area (Å²) >= 11 is 0. The van der Waals surface area contributed by atoms with Crippen LogP contribution < -0.4 is 5.32 Å². The summed E-state index contributed by atoms with van der Waals surface area (Å²) in [5.41, 5.74) is 0. The van der Waals surface area contributed by atoms with Crippen molar-refractivity contribution in [2.24, 2.45) is 0 Å². The molecule has 0 rings (SSSR count). The van der Waals surface area contributed by atoms with E-state index < -0.39 is 0 Å². The van der Waals surface area contributed by atoms with E-state index in [1.807, 2.05) is 0 Å². The summed E-state index contributed by atoms with van der Waals surface area (Å²) in [6, 6.07) is 2.07. The van der Waals surface area contributed by atoms with Gasteiger partial charge < -0.3 is 5.32 Å². The molecule has 0 fully saturated rings. The standard InChI is InChI=1S/C16H36N2/c1-7-9-13-18(15(5)8-2)16(6)11-10-12-17-14(3)4/h14-17H,7-13H2,1-6H3. The van der Waals surface area contributed by atoms with Crippen molar-refractivity contribution in [2.75, 3.05) is 13.1 Å². The SMILES string of the molecule is CCCCN(C(C)CC)C(C)CCCNC(C)C. The van der Waals surface area contributed by atoms with Gasteiger partial charge in [-0.3, -0.25) is 4.90 Å². The average molecular weight is 256 g/mol. The van der Waals surface area contributed by atoms with Gasteiger partial charge in [0.25, 0.3) is 0 Å². The summed E-state index contributed by atoms with van der Waals surface area (Å²) in [6.45, 7) is 16.2. The molecule has 0 saturated carbocycles. The fraction of sp³-hybridized carbons (Fsp3) is 1.00. The van der Waals surface area contributed by atoms with Crippen molar-refractivity contribution in [1.82, 2.24) is 10.2 Å². The summed E-state index contributed by atoms with van der Waals surface area (Å²) in [6.07, 6.45) is 6.50. The fourth-order valence-corrected chi connectivity index (χ4v) is 2.40. The van der Waals surface area contributed by atoms with Gasteiger partial charge in [-0.15, -0.1) is 0 Å². The maximum absolute atomic E-state index is 3.51. The lowest BCUT2D eigenvalue weighted by atomic mass is 10.1. The minimum Gasteiger partial charge on any atom is -0.315 e. The molecule has 0 aromatic rings. The molecule has 2 unspecified atom stereocenters. The lowest BCUT2D eigenvalue weighted by Gasteiger charge is -2.34. The molecule has 2 heteroatoms. The Labute approximate surface area is 116 Å². The molecule has 1 N–H and O–H groups in total. The van der Waals surface area contributed by atoms with Crippen molar-refractivity contribution >= 4 is 0 Å². The molecule has 0 aliphatic carbocycles. The van der Waals surface area contributed by atoms with Crippen molar-refractivity contribution in [3.8, 4) is 0 Å². The molecule has 0 amide bonds. The van der Waals surface area contributed by atoms with Gasteiger partial charge in [-0.2, -0.15) is 0 Å². The number of nitrogens with zero attached hydrogens (tertiary/aromatic N) is 1. The van der Waals surface area contributed by atoms with Crippen LogP contribution in [-0.2, 0) is 0 Å². The molecule has 0 heterocycles. The van der Waals surface area contributed by atoms with E-state index in [1.54, 1.807) is 0 Å². The van der Waals surface area contributed by atoms with Crippen molar-refractivity contribution in [3.05, 3.63) is 0 Å². The molecule has 0 radical (unpaired) electrons. The van der Waals surface area contributed by atoms with Gasteiger partial charge in [-0.25, -0.2) is 0 Å². The van der Waals surface area contributed by atoms with E-state index in [0.29, 0.717) is 6.04 Å². The largest absolute Gasteiger partial charge is 0.315 e. The summed E-state index contributed by atoms with van der Waals surface area (Å²) in [7, 11) is 0. The zero-order valence-electron chi connectivity index (χ0n) is 13.6. The van der Waals surface area contributed by atoms with Crippen LogP contribution in [-0.4, -0.2) is 36.1 Å². The molecule has 0 spiro atoms. The fourth-order valence-electron chi connectivity index (χ4n) is 2.40. The second-order valence-electron chi connectivity index (χ2n) is 5.95. The second kappa shape index (κ2) is 10.8. The Bertz CT molecular complexity index is 180. The van der Waals surface area contributed by atoms with Crippen LogP contribution in [0.3, 0.4) is 0 Å². The van der Waals surface area contributed by atoms with Gasteiger partial charge in [0.05, 0.1) is 0 Å². The summed E-state index contributed by atoms with van der Waals surface area (Å²) in [5, 5.41) is 3.51. The minimum absolute atomic E-state index is 0.617. The van der Waals surface area contributed by atoms with Gasteiger partial charge in [0, 0.05) is 18.1 Å². The van der Waals surface area contributed by atoms with Gasteiger partial charge in [-0.1, -0.05) is 34.1 Å². The lowest BCUT2D eigenvalue weighted by Crippen LogP contribution is -2.41. The van der Waals surface area contributed by atoms with Crippen LogP contribution in [0.1, 0.15) is 73.6 Å². The first-order valence-electron chi connectivity index (χ1n) is 8.01. The third-order valence-electron chi connectivity index (χ3n) is 3.84. The summed E-state index contributed by atoms with van der Waals surface area (Å²) in [5.74, 6) is 0. The molecule has 110 valence electrons. The van der Waals surface area contributed by atoms with Crippen molar-refractivity contribution in [3.63, 3.8) is 0 Å². The van der Waals surface area contributed by atoms with E-state index >= 15 is 0 Å². The van der Waals surface area contributed by atoms with Crippen molar-refractivity contribution in [1.29, 1.82) is 0 Å². The summed E-state index contributed by atoms with van der Waals surface area (Å²) in [4.78, 5) is 2.71. The van der Waals surface area contributed by atoms with Crippen LogP contribution >= 0.6 is 0 Å². The highest BCUT2D eigenvalue weighted by atomic mass is 15.2. The molecule has 0 aromatic carbocycles. The third-order valence-corrected chi connectivity index (χ3v) is 3.84. The lowest BCUT2D eigenvalue weighted by molar-refractivity contribution is 0.139. The van der Waals surface area contributed by atoms with Gasteiger partial charge in [-0.05, 0) is 52.6 Å². The molecular formula is C16H36N2. The number of nitrogens with one attached hydrogen (secondary N) is 1. The van der Waals surface area contributed by atoms with Crippen LogP contribution in [0.25, 0.3) is 0 Å². The molecule has 0 aromatic heterocycles. The highest BCUT2D eigenvalue weighted by Crippen LogP contribution is 2.14. The van der Waals surface area contributed by atoms with Crippen LogP contribution in [0.2, 0.25) is 0 Å². The number of hydrogen-bond donors (Lipinski definition) is 1. The summed E-state index contributed by atoms with van der Waals surface area (Å²) < 4.78 is 0. The quantitative estimate of drug-likeness (QED) is 0.561. The molecule has 0 bridgehead atoms. The van der Waals surface area contributed by atoms with Crippen LogP contribution in [0, 0.1) is 0 Å². The molecule has 0 aliphatic rings. The maximum Gasteiger partial charge on any atom is 0.00702 e. The van der Waals surface area contributed by atoms with Crippen LogP contribution in [0.5, 0.6) is 0 Å².